The van der Waals surface area contributed by atoms with Gasteiger partial charge in [-0.25, -0.2) is 0 Å². The summed E-state index contributed by atoms with van der Waals surface area (Å²) in [6.45, 7) is 4.11. The van der Waals surface area contributed by atoms with E-state index in [0.717, 1.165) is 29.1 Å². The molecule has 5 heteroatoms. The van der Waals surface area contributed by atoms with Crippen molar-refractivity contribution in [3.05, 3.63) is 58.1 Å². The van der Waals surface area contributed by atoms with Crippen molar-refractivity contribution in [3.8, 4) is 11.5 Å². The second kappa shape index (κ2) is 9.40. The summed E-state index contributed by atoms with van der Waals surface area (Å²) in [4.78, 5) is 2.58. The predicted molar refractivity (Wildman–Crippen MR) is 109 cm³/mol. The Labute approximate surface area is 164 Å². The van der Waals surface area contributed by atoms with Crippen LogP contribution in [-0.4, -0.2) is 38.8 Å². The van der Waals surface area contributed by atoms with E-state index in [4.69, 9.17) is 9.47 Å². The van der Waals surface area contributed by atoms with E-state index in [-0.39, 0.29) is 0 Å². The SMILES string of the molecule is COc1ccc([C@H](CNCc2ccc(OC)c(Br)c2)N2CCCC2)cc1. The molecule has 0 radical (unpaired) electrons. The first-order valence-corrected chi connectivity index (χ1v) is 9.91. The van der Waals surface area contributed by atoms with Crippen LogP contribution in [-0.2, 0) is 6.54 Å². The molecule has 0 amide bonds. The van der Waals surface area contributed by atoms with Crippen LogP contribution in [0, 0.1) is 0 Å². The van der Waals surface area contributed by atoms with Crippen molar-refractivity contribution in [1.29, 1.82) is 0 Å². The van der Waals surface area contributed by atoms with Crippen LogP contribution in [0.25, 0.3) is 0 Å². The molecule has 0 unspecified atom stereocenters. The van der Waals surface area contributed by atoms with Crippen molar-refractivity contribution in [2.75, 3.05) is 33.9 Å². The van der Waals surface area contributed by atoms with Crippen LogP contribution in [0.3, 0.4) is 0 Å². The Balaban J connectivity index is 1.64. The first kappa shape index (κ1) is 19.2. The minimum absolute atomic E-state index is 0.394. The number of nitrogens with zero attached hydrogens (tertiary/aromatic N) is 1. The summed E-state index contributed by atoms with van der Waals surface area (Å²) in [5, 5.41) is 3.64. The lowest BCUT2D eigenvalue weighted by atomic mass is 10.0. The summed E-state index contributed by atoms with van der Waals surface area (Å²) in [6.07, 6.45) is 2.58. The Kier molecular flexibility index (Phi) is 6.94. The Morgan fingerprint density at radius 3 is 2.38 bits per heavy atom. The van der Waals surface area contributed by atoms with Crippen molar-refractivity contribution in [2.24, 2.45) is 0 Å². The number of rotatable bonds is 8. The standard InChI is InChI=1S/C21H27BrN2O2/c1-25-18-8-6-17(7-9-18)20(24-11-3-4-12-24)15-23-14-16-5-10-21(26-2)19(22)13-16/h5-10,13,20,23H,3-4,11-12,14-15H2,1-2H3/t20-/m0/s1. The van der Waals surface area contributed by atoms with Crippen molar-refractivity contribution in [3.63, 3.8) is 0 Å². The summed E-state index contributed by atoms with van der Waals surface area (Å²) < 4.78 is 11.6. The zero-order chi connectivity index (χ0) is 18.4. The molecule has 3 rings (SSSR count). The smallest absolute Gasteiger partial charge is 0.133 e. The molecule has 2 aromatic carbocycles. The zero-order valence-corrected chi connectivity index (χ0v) is 17.1. The van der Waals surface area contributed by atoms with Crippen LogP contribution in [0.5, 0.6) is 11.5 Å². The van der Waals surface area contributed by atoms with Gasteiger partial charge in [0.2, 0.25) is 0 Å². The number of benzene rings is 2. The molecule has 1 atom stereocenters. The fraction of sp³-hybridized carbons (Fsp3) is 0.429. The van der Waals surface area contributed by atoms with Crippen molar-refractivity contribution < 1.29 is 9.47 Å². The van der Waals surface area contributed by atoms with Gasteiger partial charge in [-0.05, 0) is 77.3 Å². The fourth-order valence-corrected chi connectivity index (χ4v) is 4.10. The van der Waals surface area contributed by atoms with E-state index >= 15 is 0 Å². The number of ether oxygens (including phenoxy) is 2. The number of likely N-dealkylation sites (tertiary alicyclic amines) is 1. The van der Waals surface area contributed by atoms with Crippen molar-refractivity contribution in [2.45, 2.75) is 25.4 Å². The summed E-state index contributed by atoms with van der Waals surface area (Å²) in [5.41, 5.74) is 2.59. The van der Waals surface area contributed by atoms with Crippen LogP contribution in [0.2, 0.25) is 0 Å². The number of nitrogens with one attached hydrogen (secondary N) is 1. The largest absolute Gasteiger partial charge is 0.497 e. The molecule has 0 aliphatic carbocycles. The Bertz CT molecular complexity index is 700. The van der Waals surface area contributed by atoms with Crippen molar-refractivity contribution >= 4 is 15.9 Å². The lowest BCUT2D eigenvalue weighted by Crippen LogP contribution is -2.34. The van der Waals surface area contributed by atoms with Gasteiger partial charge in [-0.3, -0.25) is 4.90 Å². The molecule has 1 heterocycles. The maximum atomic E-state index is 5.30. The van der Waals surface area contributed by atoms with E-state index in [1.165, 1.54) is 37.1 Å². The Morgan fingerprint density at radius 1 is 1.04 bits per heavy atom. The number of halogens is 1. The van der Waals surface area contributed by atoms with Gasteiger partial charge in [-0.2, -0.15) is 0 Å². The molecule has 1 aliphatic heterocycles. The number of methoxy groups -OCH3 is 2. The minimum Gasteiger partial charge on any atom is -0.497 e. The topological polar surface area (TPSA) is 33.7 Å². The highest BCUT2D eigenvalue weighted by molar-refractivity contribution is 9.10. The minimum atomic E-state index is 0.394. The van der Waals surface area contributed by atoms with E-state index in [2.05, 4.69) is 62.5 Å². The third kappa shape index (κ3) is 4.78. The molecule has 1 fully saturated rings. The third-order valence-electron chi connectivity index (χ3n) is 4.97. The lowest BCUT2D eigenvalue weighted by molar-refractivity contribution is 0.238. The van der Waals surface area contributed by atoms with Gasteiger partial charge in [0.15, 0.2) is 0 Å². The molecule has 4 nitrogen and oxygen atoms in total. The summed E-state index contributed by atoms with van der Waals surface area (Å²) in [5.74, 6) is 1.77. The second-order valence-electron chi connectivity index (χ2n) is 6.63. The zero-order valence-electron chi connectivity index (χ0n) is 15.5. The molecule has 1 saturated heterocycles. The average molecular weight is 419 g/mol. The van der Waals surface area contributed by atoms with Crippen molar-refractivity contribution in [1.82, 2.24) is 10.2 Å². The van der Waals surface area contributed by atoms with Gasteiger partial charge < -0.3 is 14.8 Å². The van der Waals surface area contributed by atoms with Gasteiger partial charge >= 0.3 is 0 Å². The molecule has 1 N–H and O–H groups in total. The predicted octanol–water partition coefficient (Wildman–Crippen LogP) is 4.39. The van der Waals surface area contributed by atoms with E-state index in [9.17, 15) is 0 Å². The molecule has 2 aromatic rings. The summed E-state index contributed by atoms with van der Waals surface area (Å²) >= 11 is 3.56. The fourth-order valence-electron chi connectivity index (χ4n) is 3.51. The second-order valence-corrected chi connectivity index (χ2v) is 7.49. The first-order valence-electron chi connectivity index (χ1n) is 9.12. The third-order valence-corrected chi connectivity index (χ3v) is 5.58. The normalized spacial score (nSPS) is 15.8. The quantitative estimate of drug-likeness (QED) is 0.688. The van der Waals surface area contributed by atoms with Gasteiger partial charge in [-0.1, -0.05) is 18.2 Å². The number of hydrogen-bond acceptors (Lipinski definition) is 4. The van der Waals surface area contributed by atoms with E-state index < -0.39 is 0 Å². The summed E-state index contributed by atoms with van der Waals surface area (Å²) in [6, 6.07) is 15.1. The van der Waals surface area contributed by atoms with Gasteiger partial charge in [0.25, 0.3) is 0 Å². The molecule has 26 heavy (non-hydrogen) atoms. The highest BCUT2D eigenvalue weighted by Crippen LogP contribution is 2.27. The van der Waals surface area contributed by atoms with Gasteiger partial charge in [-0.15, -0.1) is 0 Å². The molecular formula is C21H27BrN2O2. The summed E-state index contributed by atoms with van der Waals surface area (Å²) in [7, 11) is 3.40. The van der Waals surface area contributed by atoms with Gasteiger partial charge in [0.1, 0.15) is 11.5 Å². The maximum absolute atomic E-state index is 5.30. The Hall–Kier alpha value is -1.56. The molecular weight excluding hydrogens is 392 g/mol. The van der Waals surface area contributed by atoms with Crippen LogP contribution in [0.15, 0.2) is 46.9 Å². The molecule has 0 spiro atoms. The highest BCUT2D eigenvalue weighted by atomic mass is 79.9. The van der Waals surface area contributed by atoms with E-state index in [1.54, 1.807) is 14.2 Å². The number of hydrogen-bond donors (Lipinski definition) is 1. The molecule has 140 valence electrons. The monoisotopic (exact) mass is 418 g/mol. The first-order chi connectivity index (χ1) is 12.7. The van der Waals surface area contributed by atoms with E-state index in [1.807, 2.05) is 6.07 Å². The molecule has 0 bridgehead atoms. The maximum Gasteiger partial charge on any atom is 0.133 e. The van der Waals surface area contributed by atoms with E-state index in [0.29, 0.717) is 6.04 Å². The lowest BCUT2D eigenvalue weighted by Gasteiger charge is -2.28. The van der Waals surface area contributed by atoms with Crippen LogP contribution < -0.4 is 14.8 Å². The van der Waals surface area contributed by atoms with Crippen LogP contribution >= 0.6 is 15.9 Å². The van der Waals surface area contributed by atoms with Crippen LogP contribution in [0.1, 0.15) is 30.0 Å². The average Bonchev–Trinajstić information content (AvgIpc) is 3.20. The molecule has 0 saturated carbocycles. The van der Waals surface area contributed by atoms with Gasteiger partial charge in [0.05, 0.1) is 18.7 Å². The molecule has 0 aromatic heterocycles. The van der Waals surface area contributed by atoms with Crippen LogP contribution in [0.4, 0.5) is 0 Å². The van der Waals surface area contributed by atoms with Gasteiger partial charge in [0, 0.05) is 19.1 Å². The molecule has 1 aliphatic rings. The Morgan fingerprint density at radius 2 is 1.77 bits per heavy atom. The highest BCUT2D eigenvalue weighted by Gasteiger charge is 2.23.